The zero-order valence-corrected chi connectivity index (χ0v) is 17.6. The van der Waals surface area contributed by atoms with Crippen LogP contribution < -0.4 is 0 Å². The standard InChI is InChI=1S/C25H20ClFN4/c26-20-8-4-18(5-9-20)25-28-14-19-15-31(13-12-24(19)30-25)16-22-2-1-3-23(29-22)17-6-10-21(27)11-7-17/h1-11,14H,12-13,15-16H2. The first-order valence-electron chi connectivity index (χ1n) is 10.2. The third-order valence-corrected chi connectivity index (χ3v) is 5.70. The lowest BCUT2D eigenvalue weighted by Gasteiger charge is -2.27. The van der Waals surface area contributed by atoms with Gasteiger partial charge in [-0.25, -0.2) is 14.4 Å². The molecule has 0 bridgehead atoms. The highest BCUT2D eigenvalue weighted by Crippen LogP contribution is 2.24. The maximum absolute atomic E-state index is 13.2. The zero-order chi connectivity index (χ0) is 21.2. The molecule has 0 saturated heterocycles. The molecule has 0 aliphatic carbocycles. The summed E-state index contributed by atoms with van der Waals surface area (Å²) in [5.41, 5.74) is 5.98. The van der Waals surface area contributed by atoms with E-state index in [9.17, 15) is 4.39 Å². The number of pyridine rings is 1. The Bertz CT molecular complexity index is 1210. The third kappa shape index (κ3) is 4.48. The van der Waals surface area contributed by atoms with E-state index < -0.39 is 0 Å². The molecule has 0 unspecified atom stereocenters. The molecule has 6 heteroatoms. The lowest BCUT2D eigenvalue weighted by atomic mass is 10.1. The Balaban J connectivity index is 1.30. The van der Waals surface area contributed by atoms with Gasteiger partial charge in [0.2, 0.25) is 0 Å². The van der Waals surface area contributed by atoms with Crippen LogP contribution in [0.4, 0.5) is 4.39 Å². The predicted molar refractivity (Wildman–Crippen MR) is 120 cm³/mol. The molecule has 31 heavy (non-hydrogen) atoms. The fourth-order valence-electron chi connectivity index (χ4n) is 3.83. The first-order chi connectivity index (χ1) is 15.1. The van der Waals surface area contributed by atoms with Crippen molar-refractivity contribution in [3.05, 3.63) is 101 Å². The van der Waals surface area contributed by atoms with Crippen molar-refractivity contribution in [2.24, 2.45) is 0 Å². The second-order valence-electron chi connectivity index (χ2n) is 7.65. The summed E-state index contributed by atoms with van der Waals surface area (Å²) < 4.78 is 13.2. The van der Waals surface area contributed by atoms with Crippen molar-refractivity contribution in [3.63, 3.8) is 0 Å². The van der Waals surface area contributed by atoms with Crippen LogP contribution in [0.25, 0.3) is 22.6 Å². The number of benzene rings is 2. The third-order valence-electron chi connectivity index (χ3n) is 5.45. The van der Waals surface area contributed by atoms with Gasteiger partial charge in [0.25, 0.3) is 0 Å². The minimum atomic E-state index is -0.242. The van der Waals surface area contributed by atoms with E-state index in [1.807, 2.05) is 48.7 Å². The molecule has 4 aromatic rings. The minimum Gasteiger partial charge on any atom is -0.293 e. The Morgan fingerprint density at radius 3 is 2.48 bits per heavy atom. The second kappa shape index (κ2) is 8.53. The second-order valence-corrected chi connectivity index (χ2v) is 8.09. The van der Waals surface area contributed by atoms with Crippen molar-refractivity contribution in [2.75, 3.05) is 6.54 Å². The molecule has 2 aromatic carbocycles. The monoisotopic (exact) mass is 430 g/mol. The van der Waals surface area contributed by atoms with E-state index in [0.717, 1.165) is 65.7 Å². The molecule has 0 amide bonds. The summed E-state index contributed by atoms with van der Waals surface area (Å²) in [7, 11) is 0. The van der Waals surface area contributed by atoms with Crippen LogP contribution in [0, 0.1) is 5.82 Å². The summed E-state index contributed by atoms with van der Waals surface area (Å²) >= 11 is 5.98. The largest absolute Gasteiger partial charge is 0.293 e. The van der Waals surface area contributed by atoms with Gasteiger partial charge in [0, 0.05) is 54.0 Å². The van der Waals surface area contributed by atoms with E-state index >= 15 is 0 Å². The highest BCUT2D eigenvalue weighted by atomic mass is 35.5. The van der Waals surface area contributed by atoms with Crippen LogP contribution in [0.5, 0.6) is 0 Å². The van der Waals surface area contributed by atoms with Crippen molar-refractivity contribution >= 4 is 11.6 Å². The first kappa shape index (κ1) is 19.8. The summed E-state index contributed by atoms with van der Waals surface area (Å²) in [4.78, 5) is 16.5. The van der Waals surface area contributed by atoms with Crippen LogP contribution >= 0.6 is 11.6 Å². The van der Waals surface area contributed by atoms with Crippen LogP contribution in [-0.4, -0.2) is 26.4 Å². The van der Waals surface area contributed by atoms with E-state index in [0.29, 0.717) is 5.02 Å². The fraction of sp³-hybridized carbons (Fsp3) is 0.160. The van der Waals surface area contributed by atoms with E-state index in [2.05, 4.69) is 9.88 Å². The molecule has 0 atom stereocenters. The normalized spacial score (nSPS) is 13.7. The molecule has 0 saturated carbocycles. The van der Waals surface area contributed by atoms with Gasteiger partial charge in [0.05, 0.1) is 17.1 Å². The van der Waals surface area contributed by atoms with Gasteiger partial charge in [0.1, 0.15) is 5.82 Å². The van der Waals surface area contributed by atoms with Gasteiger partial charge in [0.15, 0.2) is 5.82 Å². The van der Waals surface area contributed by atoms with Crippen molar-refractivity contribution in [1.29, 1.82) is 0 Å². The average molecular weight is 431 g/mol. The van der Waals surface area contributed by atoms with Crippen molar-refractivity contribution < 1.29 is 4.39 Å². The highest BCUT2D eigenvalue weighted by molar-refractivity contribution is 6.30. The van der Waals surface area contributed by atoms with Crippen LogP contribution in [-0.2, 0) is 19.5 Å². The maximum Gasteiger partial charge on any atom is 0.159 e. The number of hydrogen-bond donors (Lipinski definition) is 0. The summed E-state index contributed by atoms with van der Waals surface area (Å²) in [5.74, 6) is 0.492. The number of nitrogens with zero attached hydrogens (tertiary/aromatic N) is 4. The van der Waals surface area contributed by atoms with Crippen LogP contribution in [0.2, 0.25) is 5.02 Å². The Labute approximate surface area is 185 Å². The first-order valence-corrected chi connectivity index (χ1v) is 10.6. The van der Waals surface area contributed by atoms with Gasteiger partial charge in [-0.05, 0) is 60.7 Å². The number of hydrogen-bond acceptors (Lipinski definition) is 4. The number of rotatable bonds is 4. The Morgan fingerprint density at radius 1 is 0.903 bits per heavy atom. The summed E-state index contributed by atoms with van der Waals surface area (Å²) in [5, 5.41) is 0.703. The molecular weight excluding hydrogens is 411 g/mol. The topological polar surface area (TPSA) is 41.9 Å². The van der Waals surface area contributed by atoms with Crippen LogP contribution in [0.1, 0.15) is 17.0 Å². The van der Waals surface area contributed by atoms with Crippen molar-refractivity contribution in [3.8, 4) is 22.6 Å². The average Bonchev–Trinajstić information content (AvgIpc) is 2.80. The number of aromatic nitrogens is 3. The zero-order valence-electron chi connectivity index (χ0n) is 16.8. The van der Waals surface area contributed by atoms with Gasteiger partial charge in [-0.2, -0.15) is 0 Å². The van der Waals surface area contributed by atoms with Gasteiger partial charge in [-0.15, -0.1) is 0 Å². The molecule has 0 radical (unpaired) electrons. The van der Waals surface area contributed by atoms with E-state index in [-0.39, 0.29) is 5.82 Å². The molecule has 4 nitrogen and oxygen atoms in total. The SMILES string of the molecule is Fc1ccc(-c2cccc(CN3CCc4nc(-c5ccc(Cl)cc5)ncc4C3)n2)cc1. The molecule has 3 heterocycles. The van der Waals surface area contributed by atoms with Gasteiger partial charge in [-0.3, -0.25) is 9.88 Å². The van der Waals surface area contributed by atoms with Crippen LogP contribution in [0.3, 0.4) is 0 Å². The number of halogens is 2. The van der Waals surface area contributed by atoms with Crippen molar-refractivity contribution in [1.82, 2.24) is 19.9 Å². The molecule has 1 aliphatic heterocycles. The van der Waals surface area contributed by atoms with Gasteiger partial charge in [-0.1, -0.05) is 17.7 Å². The summed E-state index contributed by atoms with van der Waals surface area (Å²) in [6, 6.07) is 20.0. The van der Waals surface area contributed by atoms with Gasteiger partial charge >= 0.3 is 0 Å². The molecule has 0 N–H and O–H groups in total. The molecule has 1 aliphatic rings. The van der Waals surface area contributed by atoms with Crippen molar-refractivity contribution in [2.45, 2.75) is 19.5 Å². The quantitative estimate of drug-likeness (QED) is 0.425. The number of fused-ring (bicyclic) bond motifs is 1. The molecule has 2 aromatic heterocycles. The molecule has 0 fully saturated rings. The van der Waals surface area contributed by atoms with E-state index in [4.69, 9.17) is 21.6 Å². The Morgan fingerprint density at radius 2 is 1.68 bits per heavy atom. The molecule has 5 rings (SSSR count). The lowest BCUT2D eigenvalue weighted by molar-refractivity contribution is 0.240. The Kier molecular flexibility index (Phi) is 5.45. The smallest absolute Gasteiger partial charge is 0.159 e. The lowest BCUT2D eigenvalue weighted by Crippen LogP contribution is -2.31. The minimum absolute atomic E-state index is 0.242. The Hall–Kier alpha value is -3.15. The molecule has 0 spiro atoms. The maximum atomic E-state index is 13.2. The highest BCUT2D eigenvalue weighted by Gasteiger charge is 2.19. The predicted octanol–water partition coefficient (Wildman–Crippen LogP) is 5.56. The molecule has 154 valence electrons. The summed E-state index contributed by atoms with van der Waals surface area (Å²) in [6.45, 7) is 2.44. The van der Waals surface area contributed by atoms with Gasteiger partial charge < -0.3 is 0 Å². The summed E-state index contributed by atoms with van der Waals surface area (Å²) in [6.07, 6.45) is 2.80. The van der Waals surface area contributed by atoms with Crippen LogP contribution in [0.15, 0.2) is 72.9 Å². The van der Waals surface area contributed by atoms with E-state index in [1.165, 1.54) is 12.1 Å². The molecular formula is C25H20ClFN4. The fourth-order valence-corrected chi connectivity index (χ4v) is 3.95. The van der Waals surface area contributed by atoms with E-state index in [1.54, 1.807) is 12.1 Å².